The lowest BCUT2D eigenvalue weighted by Gasteiger charge is -2.07. The molecule has 11 heteroatoms. The minimum Gasteiger partial charge on any atom is -0.493 e. The van der Waals surface area contributed by atoms with Gasteiger partial charge in [0.1, 0.15) is 0 Å². The van der Waals surface area contributed by atoms with Gasteiger partial charge in [0.15, 0.2) is 5.69 Å². The van der Waals surface area contributed by atoms with Crippen LogP contribution in [0, 0.1) is 0 Å². The molecular formula is C22H18ClN5O3S2. The van der Waals surface area contributed by atoms with E-state index in [9.17, 15) is 13.5 Å². The van der Waals surface area contributed by atoms with E-state index in [1.165, 1.54) is 18.2 Å². The van der Waals surface area contributed by atoms with E-state index in [2.05, 4.69) is 15.5 Å². The first-order valence-electron chi connectivity index (χ1n) is 9.62. The second kappa shape index (κ2) is 9.28. The van der Waals surface area contributed by atoms with Crippen LogP contribution in [0.3, 0.4) is 0 Å². The third-order valence-electron chi connectivity index (χ3n) is 4.81. The van der Waals surface area contributed by atoms with Crippen molar-refractivity contribution in [3.63, 3.8) is 0 Å². The Morgan fingerprint density at radius 1 is 1.09 bits per heavy atom. The van der Waals surface area contributed by atoms with Gasteiger partial charge in [-0.25, -0.2) is 13.6 Å². The van der Waals surface area contributed by atoms with Crippen LogP contribution in [0.2, 0.25) is 5.02 Å². The third-order valence-corrected chi connectivity index (χ3v) is 6.14. The summed E-state index contributed by atoms with van der Waals surface area (Å²) in [6, 6.07) is 20.7. The first-order chi connectivity index (χ1) is 15.7. The molecule has 0 fully saturated rings. The van der Waals surface area contributed by atoms with Crippen molar-refractivity contribution in [3.05, 3.63) is 83.4 Å². The molecule has 0 aliphatic heterocycles. The predicted octanol–water partition coefficient (Wildman–Crippen LogP) is 5.18. The van der Waals surface area contributed by atoms with E-state index >= 15 is 0 Å². The molecule has 0 unspecified atom stereocenters. The van der Waals surface area contributed by atoms with Gasteiger partial charge < -0.3 is 15.0 Å². The summed E-state index contributed by atoms with van der Waals surface area (Å²) < 4.78 is 24.8. The van der Waals surface area contributed by atoms with E-state index < -0.39 is 10.0 Å². The topological polar surface area (TPSA) is 122 Å². The SMILES string of the molecule is NS(=O)(=O)c1cccc(NC(=S)N=Nc2c(O)n(Cc3ccccc3)c3ccc(Cl)cc23)c1. The Kier molecular flexibility index (Phi) is 6.43. The van der Waals surface area contributed by atoms with E-state index in [1.807, 2.05) is 30.3 Å². The van der Waals surface area contributed by atoms with Crippen molar-refractivity contribution in [1.82, 2.24) is 4.57 Å². The molecule has 0 bridgehead atoms. The Bertz CT molecular complexity index is 1480. The molecular weight excluding hydrogens is 482 g/mol. The zero-order chi connectivity index (χ0) is 23.6. The van der Waals surface area contributed by atoms with Crippen molar-refractivity contribution in [2.45, 2.75) is 11.4 Å². The number of anilines is 1. The molecule has 0 aliphatic carbocycles. The van der Waals surface area contributed by atoms with Crippen molar-refractivity contribution in [3.8, 4) is 5.88 Å². The van der Waals surface area contributed by atoms with Crippen LogP contribution < -0.4 is 10.5 Å². The normalized spacial score (nSPS) is 11.8. The Hall–Kier alpha value is -3.31. The molecule has 0 spiro atoms. The average Bonchev–Trinajstić information content (AvgIpc) is 3.03. The molecule has 0 saturated heterocycles. The fourth-order valence-electron chi connectivity index (χ4n) is 3.32. The molecule has 4 N–H and O–H groups in total. The van der Waals surface area contributed by atoms with Gasteiger partial charge in [0.25, 0.3) is 0 Å². The van der Waals surface area contributed by atoms with Gasteiger partial charge in [-0.2, -0.15) is 0 Å². The minimum atomic E-state index is -3.86. The smallest absolute Gasteiger partial charge is 0.238 e. The van der Waals surface area contributed by atoms with Gasteiger partial charge >= 0.3 is 0 Å². The van der Waals surface area contributed by atoms with E-state index in [1.54, 1.807) is 28.8 Å². The molecule has 1 heterocycles. The van der Waals surface area contributed by atoms with Crippen LogP contribution >= 0.6 is 23.8 Å². The monoisotopic (exact) mass is 499 g/mol. The summed E-state index contributed by atoms with van der Waals surface area (Å²) in [5.41, 5.74) is 2.32. The lowest BCUT2D eigenvalue weighted by molar-refractivity contribution is 0.429. The maximum Gasteiger partial charge on any atom is 0.238 e. The van der Waals surface area contributed by atoms with E-state index in [0.717, 1.165) is 11.1 Å². The summed E-state index contributed by atoms with van der Waals surface area (Å²) in [5, 5.41) is 28.1. The lowest BCUT2D eigenvalue weighted by atomic mass is 10.2. The third kappa shape index (κ3) is 5.20. The number of halogens is 1. The Morgan fingerprint density at radius 3 is 2.58 bits per heavy atom. The number of nitrogens with two attached hydrogens (primary N) is 1. The van der Waals surface area contributed by atoms with Crippen molar-refractivity contribution in [1.29, 1.82) is 0 Å². The molecule has 0 saturated carbocycles. The molecule has 4 rings (SSSR count). The van der Waals surface area contributed by atoms with Crippen LogP contribution in [-0.2, 0) is 16.6 Å². The number of aromatic hydroxyl groups is 1. The number of primary sulfonamides is 1. The van der Waals surface area contributed by atoms with Gasteiger partial charge in [0.05, 0.1) is 17.0 Å². The molecule has 33 heavy (non-hydrogen) atoms. The highest BCUT2D eigenvalue weighted by atomic mass is 35.5. The number of fused-ring (bicyclic) bond motifs is 1. The maximum absolute atomic E-state index is 11.5. The first kappa shape index (κ1) is 22.9. The van der Waals surface area contributed by atoms with E-state index in [4.69, 9.17) is 29.0 Å². The Morgan fingerprint density at radius 2 is 1.85 bits per heavy atom. The summed E-state index contributed by atoms with van der Waals surface area (Å²) in [6.07, 6.45) is 0. The summed E-state index contributed by atoms with van der Waals surface area (Å²) in [7, 11) is -3.86. The maximum atomic E-state index is 11.5. The number of rotatable bonds is 5. The summed E-state index contributed by atoms with van der Waals surface area (Å²) in [6.45, 7) is 0.420. The van der Waals surface area contributed by atoms with Gasteiger partial charge in [0, 0.05) is 16.1 Å². The number of hydrogen-bond acceptors (Lipinski definition) is 5. The Labute approximate surface area is 200 Å². The summed E-state index contributed by atoms with van der Waals surface area (Å²) >= 11 is 11.4. The highest BCUT2D eigenvalue weighted by molar-refractivity contribution is 7.89. The molecule has 8 nitrogen and oxygen atoms in total. The van der Waals surface area contributed by atoms with Crippen LogP contribution in [-0.4, -0.2) is 23.2 Å². The van der Waals surface area contributed by atoms with Crippen molar-refractivity contribution < 1.29 is 13.5 Å². The van der Waals surface area contributed by atoms with E-state index in [-0.39, 0.29) is 21.6 Å². The molecule has 1 aromatic heterocycles. The first-order valence-corrected chi connectivity index (χ1v) is 12.0. The standard InChI is InChI=1S/C22H18ClN5O3S2/c23-15-9-10-19-18(11-15)20(21(29)28(19)13-14-5-2-1-3-6-14)26-27-22(32)25-16-7-4-8-17(12-16)33(24,30)31/h1-12,29H,13H2,(H,25,32)(H2,24,30,31). The van der Waals surface area contributed by atoms with Gasteiger partial charge in [-0.3, -0.25) is 0 Å². The highest BCUT2D eigenvalue weighted by Gasteiger charge is 2.18. The number of hydrogen-bond donors (Lipinski definition) is 3. The van der Waals surface area contributed by atoms with Crippen LogP contribution in [0.5, 0.6) is 5.88 Å². The largest absolute Gasteiger partial charge is 0.493 e. The molecule has 0 amide bonds. The minimum absolute atomic E-state index is 0.0352. The quantitative estimate of drug-likeness (QED) is 0.258. The molecule has 0 aliphatic rings. The summed E-state index contributed by atoms with van der Waals surface area (Å²) in [5.74, 6) is -0.0844. The number of aromatic nitrogens is 1. The van der Waals surface area contributed by atoms with Gasteiger partial charge in [-0.15, -0.1) is 10.2 Å². The number of thiocarbonyl (C=S) groups is 1. The number of nitrogens with zero attached hydrogens (tertiary/aromatic N) is 3. The number of sulfonamides is 1. The van der Waals surface area contributed by atoms with Crippen molar-refractivity contribution in [2.24, 2.45) is 15.4 Å². The van der Waals surface area contributed by atoms with Crippen molar-refractivity contribution in [2.75, 3.05) is 5.32 Å². The second-order valence-electron chi connectivity index (χ2n) is 7.11. The summed E-state index contributed by atoms with van der Waals surface area (Å²) in [4.78, 5) is -0.0662. The zero-order valence-electron chi connectivity index (χ0n) is 17.0. The number of nitrogens with one attached hydrogen (secondary N) is 1. The second-order valence-corrected chi connectivity index (χ2v) is 9.49. The van der Waals surface area contributed by atoms with Crippen molar-refractivity contribution >= 4 is 61.2 Å². The average molecular weight is 500 g/mol. The molecule has 3 aromatic carbocycles. The fourth-order valence-corrected chi connectivity index (χ4v) is 4.21. The number of azo groups is 1. The molecule has 0 atom stereocenters. The van der Waals surface area contributed by atoms with Crippen LogP contribution in [0.15, 0.2) is 87.9 Å². The van der Waals surface area contributed by atoms with Gasteiger partial charge in [-0.1, -0.05) is 48.0 Å². The van der Waals surface area contributed by atoms with Gasteiger partial charge in [-0.05, 0) is 54.2 Å². The number of benzene rings is 3. The highest BCUT2D eigenvalue weighted by Crippen LogP contribution is 2.40. The zero-order valence-corrected chi connectivity index (χ0v) is 19.4. The molecule has 4 aromatic rings. The predicted molar refractivity (Wildman–Crippen MR) is 133 cm³/mol. The van der Waals surface area contributed by atoms with E-state index in [0.29, 0.717) is 22.6 Å². The molecule has 0 radical (unpaired) electrons. The van der Waals surface area contributed by atoms with Crippen LogP contribution in [0.4, 0.5) is 11.4 Å². The van der Waals surface area contributed by atoms with Crippen LogP contribution in [0.25, 0.3) is 10.9 Å². The fraction of sp³-hybridized carbons (Fsp3) is 0.0455. The van der Waals surface area contributed by atoms with Gasteiger partial charge in [0.2, 0.25) is 21.0 Å². The Balaban J connectivity index is 1.65. The molecule has 168 valence electrons. The lowest BCUT2D eigenvalue weighted by Crippen LogP contribution is -2.13. The van der Waals surface area contributed by atoms with Crippen LogP contribution in [0.1, 0.15) is 5.56 Å².